The number of hydrogen-bond acceptors (Lipinski definition) is 3. The molecule has 0 aliphatic carbocycles. The molecule has 2 aromatic heterocycles. The van der Waals surface area contributed by atoms with Crippen LogP contribution in [0, 0.1) is 19.7 Å². The first-order valence-electron chi connectivity index (χ1n) is 10.4. The third kappa shape index (κ3) is 4.48. The summed E-state index contributed by atoms with van der Waals surface area (Å²) in [5, 5.41) is 8.34. The van der Waals surface area contributed by atoms with Gasteiger partial charge < -0.3 is 5.32 Å². The van der Waals surface area contributed by atoms with Crippen molar-refractivity contribution < 1.29 is 9.18 Å². The molecule has 158 valence electrons. The summed E-state index contributed by atoms with van der Waals surface area (Å²) in [5.41, 5.74) is 4.28. The number of nitrogens with zero attached hydrogens (tertiary/aromatic N) is 3. The van der Waals surface area contributed by atoms with Gasteiger partial charge in [-0.05, 0) is 63.4 Å². The summed E-state index contributed by atoms with van der Waals surface area (Å²) in [5.74, 6) is -0.505. The van der Waals surface area contributed by atoms with Gasteiger partial charge in [0, 0.05) is 11.7 Å². The normalized spacial score (nSPS) is 12.1. The highest BCUT2D eigenvalue weighted by Crippen LogP contribution is 2.25. The first kappa shape index (κ1) is 20.7. The first-order valence-corrected chi connectivity index (χ1v) is 10.4. The Bertz CT molecular complexity index is 1230. The monoisotopic (exact) mass is 416 g/mol. The van der Waals surface area contributed by atoms with E-state index in [0.29, 0.717) is 33.7 Å². The van der Waals surface area contributed by atoms with Crippen molar-refractivity contribution in [1.82, 2.24) is 20.1 Å². The van der Waals surface area contributed by atoms with Gasteiger partial charge in [0.05, 0.1) is 22.3 Å². The fourth-order valence-corrected chi connectivity index (χ4v) is 3.78. The molecule has 0 fully saturated rings. The summed E-state index contributed by atoms with van der Waals surface area (Å²) in [6.45, 7) is 5.69. The lowest BCUT2D eigenvalue weighted by Gasteiger charge is -2.15. The smallest absolute Gasteiger partial charge is 0.252 e. The molecule has 6 heteroatoms. The van der Waals surface area contributed by atoms with Crippen LogP contribution in [-0.2, 0) is 6.42 Å². The van der Waals surface area contributed by atoms with Gasteiger partial charge in [-0.25, -0.2) is 14.1 Å². The molecular formula is C25H25FN4O. The number of carbonyl (C=O) groups excluding carboxylic acids is 1. The Morgan fingerprint density at radius 1 is 1.10 bits per heavy atom. The Morgan fingerprint density at radius 3 is 2.61 bits per heavy atom. The molecule has 1 atom stereocenters. The van der Waals surface area contributed by atoms with E-state index in [1.807, 2.05) is 39.0 Å². The van der Waals surface area contributed by atoms with E-state index >= 15 is 0 Å². The summed E-state index contributed by atoms with van der Waals surface area (Å²) in [6.07, 6.45) is 1.73. The van der Waals surface area contributed by atoms with Gasteiger partial charge in [-0.2, -0.15) is 5.10 Å². The van der Waals surface area contributed by atoms with Gasteiger partial charge in [0.1, 0.15) is 5.82 Å². The number of aryl methyl sites for hydroxylation is 3. The number of amides is 1. The number of hydrogen-bond donors (Lipinski definition) is 1. The topological polar surface area (TPSA) is 59.8 Å². The second kappa shape index (κ2) is 8.68. The average Bonchev–Trinajstić information content (AvgIpc) is 3.08. The molecule has 0 radical (unpaired) electrons. The molecule has 5 nitrogen and oxygen atoms in total. The molecule has 1 amide bonds. The van der Waals surface area contributed by atoms with E-state index in [4.69, 9.17) is 0 Å². The van der Waals surface area contributed by atoms with E-state index in [1.54, 1.807) is 22.9 Å². The number of pyridine rings is 1. The fourth-order valence-electron chi connectivity index (χ4n) is 3.78. The third-order valence-corrected chi connectivity index (χ3v) is 5.32. The minimum Gasteiger partial charge on any atom is -0.350 e. The lowest BCUT2D eigenvalue weighted by Crippen LogP contribution is -2.33. The minimum atomic E-state index is -0.350. The number of nitrogens with one attached hydrogen (secondary N) is 1. The molecule has 2 heterocycles. The van der Waals surface area contributed by atoms with Crippen molar-refractivity contribution in [2.75, 3.05) is 0 Å². The molecule has 0 spiro atoms. The van der Waals surface area contributed by atoms with Crippen molar-refractivity contribution in [3.05, 3.63) is 89.0 Å². The van der Waals surface area contributed by atoms with Gasteiger partial charge in [-0.15, -0.1) is 0 Å². The zero-order valence-electron chi connectivity index (χ0n) is 17.9. The van der Waals surface area contributed by atoms with Crippen molar-refractivity contribution in [3.8, 4) is 5.69 Å². The maximum Gasteiger partial charge on any atom is 0.252 e. The van der Waals surface area contributed by atoms with E-state index in [-0.39, 0.29) is 17.8 Å². The molecule has 31 heavy (non-hydrogen) atoms. The molecule has 4 rings (SSSR count). The van der Waals surface area contributed by atoms with E-state index < -0.39 is 0 Å². The molecule has 0 saturated carbocycles. The molecule has 0 bridgehead atoms. The Morgan fingerprint density at radius 2 is 1.87 bits per heavy atom. The number of halogens is 1. The van der Waals surface area contributed by atoms with Gasteiger partial charge >= 0.3 is 0 Å². The van der Waals surface area contributed by atoms with Crippen LogP contribution in [0.2, 0.25) is 0 Å². The van der Waals surface area contributed by atoms with Crippen molar-refractivity contribution in [1.29, 1.82) is 0 Å². The van der Waals surface area contributed by atoms with Crippen molar-refractivity contribution in [2.24, 2.45) is 0 Å². The zero-order valence-corrected chi connectivity index (χ0v) is 17.9. The van der Waals surface area contributed by atoms with E-state index in [2.05, 4.69) is 27.5 Å². The van der Waals surface area contributed by atoms with Crippen LogP contribution in [0.5, 0.6) is 0 Å². The van der Waals surface area contributed by atoms with Crippen LogP contribution in [0.1, 0.15) is 40.7 Å². The zero-order chi connectivity index (χ0) is 22.0. The highest BCUT2D eigenvalue weighted by molar-refractivity contribution is 6.06. The maximum absolute atomic E-state index is 13.8. The summed E-state index contributed by atoms with van der Waals surface area (Å²) in [4.78, 5) is 17.7. The van der Waals surface area contributed by atoms with Crippen LogP contribution in [0.4, 0.5) is 4.39 Å². The molecule has 0 saturated heterocycles. The number of benzene rings is 2. The Kier molecular flexibility index (Phi) is 5.80. The van der Waals surface area contributed by atoms with Gasteiger partial charge in [-0.3, -0.25) is 4.79 Å². The number of carbonyl (C=O) groups is 1. The van der Waals surface area contributed by atoms with Gasteiger partial charge in [0.2, 0.25) is 0 Å². The molecule has 4 aromatic rings. The van der Waals surface area contributed by atoms with Gasteiger partial charge in [0.15, 0.2) is 5.65 Å². The second-order valence-electron chi connectivity index (χ2n) is 7.89. The number of fused-ring (bicyclic) bond motifs is 1. The average molecular weight is 417 g/mol. The molecule has 2 aromatic carbocycles. The van der Waals surface area contributed by atoms with Crippen LogP contribution in [0.15, 0.2) is 60.7 Å². The van der Waals surface area contributed by atoms with Gasteiger partial charge in [0.25, 0.3) is 5.91 Å². The quantitative estimate of drug-likeness (QED) is 0.485. The second-order valence-corrected chi connectivity index (χ2v) is 7.89. The summed E-state index contributed by atoms with van der Waals surface area (Å²) < 4.78 is 15.4. The molecule has 1 N–H and O–H groups in total. The largest absolute Gasteiger partial charge is 0.350 e. The first-order chi connectivity index (χ1) is 14.9. The number of rotatable bonds is 6. The van der Waals surface area contributed by atoms with Gasteiger partial charge in [-0.1, -0.05) is 36.4 Å². The highest BCUT2D eigenvalue weighted by atomic mass is 19.1. The Balaban J connectivity index is 1.62. The van der Waals surface area contributed by atoms with Crippen LogP contribution < -0.4 is 5.32 Å². The molecule has 0 aliphatic heterocycles. The number of aromatic nitrogens is 3. The lowest BCUT2D eigenvalue weighted by atomic mass is 10.0. The Hall–Kier alpha value is -3.54. The molecule has 0 aliphatic rings. The van der Waals surface area contributed by atoms with Crippen molar-refractivity contribution in [2.45, 2.75) is 39.7 Å². The highest BCUT2D eigenvalue weighted by Gasteiger charge is 2.20. The maximum atomic E-state index is 13.8. The van der Waals surface area contributed by atoms with E-state index in [0.717, 1.165) is 12.8 Å². The Labute approximate surface area is 180 Å². The van der Waals surface area contributed by atoms with E-state index in [9.17, 15) is 9.18 Å². The lowest BCUT2D eigenvalue weighted by molar-refractivity contribution is 0.0940. The summed E-state index contributed by atoms with van der Waals surface area (Å²) >= 11 is 0. The van der Waals surface area contributed by atoms with Crippen molar-refractivity contribution >= 4 is 16.9 Å². The van der Waals surface area contributed by atoms with Crippen LogP contribution in [0.3, 0.4) is 0 Å². The predicted octanol–water partition coefficient (Wildman–Crippen LogP) is 4.93. The van der Waals surface area contributed by atoms with Crippen LogP contribution in [-0.4, -0.2) is 26.7 Å². The molecule has 0 unspecified atom stereocenters. The standard InChI is InChI=1S/C25H25FN4O/c1-16(12-13-19-8-5-4-6-9-19)28-25(31)22-14-17(2)27-24-23(22)18(3)29-30(24)21-11-7-10-20(26)15-21/h4-11,14-16H,12-13H2,1-3H3,(H,28,31)/t16-/m0/s1. The van der Waals surface area contributed by atoms with Crippen LogP contribution in [0.25, 0.3) is 16.7 Å². The minimum absolute atomic E-state index is 0.00907. The molecular weight excluding hydrogens is 391 g/mol. The predicted molar refractivity (Wildman–Crippen MR) is 120 cm³/mol. The van der Waals surface area contributed by atoms with E-state index in [1.165, 1.54) is 17.7 Å². The van der Waals surface area contributed by atoms with Crippen molar-refractivity contribution in [3.63, 3.8) is 0 Å². The third-order valence-electron chi connectivity index (χ3n) is 5.32. The fraction of sp³-hybridized carbons (Fsp3) is 0.240. The van der Waals surface area contributed by atoms with Crippen LogP contribution >= 0.6 is 0 Å². The summed E-state index contributed by atoms with van der Waals surface area (Å²) in [7, 11) is 0. The summed E-state index contributed by atoms with van der Waals surface area (Å²) in [6, 6.07) is 18.2. The SMILES string of the molecule is Cc1cc(C(=O)N[C@@H](C)CCc2ccccc2)c2c(C)nn(-c3cccc(F)c3)c2n1.